The Bertz CT molecular complexity index is 569. The Balaban J connectivity index is 0.00000220. The SMILES string of the molecule is Cl.O=S(=O)(CC1CCNCC1)c1ccccc1C(F)(F)F. The molecule has 0 aliphatic carbocycles. The number of halogens is 4. The van der Waals surface area contributed by atoms with Gasteiger partial charge in [-0.15, -0.1) is 12.4 Å². The van der Waals surface area contributed by atoms with Gasteiger partial charge in [0.05, 0.1) is 16.2 Å². The van der Waals surface area contributed by atoms with Crippen LogP contribution in [0.5, 0.6) is 0 Å². The Morgan fingerprint density at radius 1 is 1.14 bits per heavy atom. The predicted molar refractivity (Wildman–Crippen MR) is 76.3 cm³/mol. The van der Waals surface area contributed by atoms with E-state index in [0.717, 1.165) is 12.1 Å². The third-order valence-corrected chi connectivity index (χ3v) is 5.38. The fourth-order valence-corrected chi connectivity index (χ4v) is 4.36. The number of benzene rings is 1. The van der Waals surface area contributed by atoms with Crippen molar-refractivity contribution < 1.29 is 21.6 Å². The lowest BCUT2D eigenvalue weighted by atomic mass is 10.0. The topological polar surface area (TPSA) is 46.2 Å². The number of hydrogen-bond donors (Lipinski definition) is 1. The standard InChI is InChI=1S/C13H16F3NO2S.ClH/c14-13(15,16)11-3-1-2-4-12(11)20(18,19)9-10-5-7-17-8-6-10;/h1-4,10,17H,5-9H2;1H. The molecular weight excluding hydrogens is 327 g/mol. The van der Waals surface area contributed by atoms with Gasteiger partial charge in [0.15, 0.2) is 9.84 Å². The Morgan fingerprint density at radius 2 is 1.71 bits per heavy atom. The number of sulfone groups is 1. The predicted octanol–water partition coefficient (Wildman–Crippen LogP) is 2.90. The molecule has 1 aromatic carbocycles. The molecule has 21 heavy (non-hydrogen) atoms. The Morgan fingerprint density at radius 3 is 2.29 bits per heavy atom. The average Bonchev–Trinajstić information content (AvgIpc) is 2.38. The van der Waals surface area contributed by atoms with Gasteiger partial charge in [-0.2, -0.15) is 13.2 Å². The second kappa shape index (κ2) is 6.98. The molecule has 2 rings (SSSR count). The van der Waals surface area contributed by atoms with Crippen molar-refractivity contribution in [2.75, 3.05) is 18.8 Å². The Kier molecular flexibility index (Phi) is 6.07. The van der Waals surface area contributed by atoms with Crippen LogP contribution in [0.25, 0.3) is 0 Å². The largest absolute Gasteiger partial charge is 0.417 e. The van der Waals surface area contributed by atoms with Crippen LogP contribution >= 0.6 is 12.4 Å². The molecule has 0 radical (unpaired) electrons. The first kappa shape index (κ1) is 18.3. The average molecular weight is 344 g/mol. The second-order valence-electron chi connectivity index (χ2n) is 4.97. The summed E-state index contributed by atoms with van der Waals surface area (Å²) in [6, 6.07) is 4.38. The van der Waals surface area contributed by atoms with E-state index in [1.165, 1.54) is 12.1 Å². The van der Waals surface area contributed by atoms with E-state index in [9.17, 15) is 21.6 Å². The maximum atomic E-state index is 12.9. The molecular formula is C13H17ClF3NO2S. The molecule has 120 valence electrons. The summed E-state index contributed by atoms with van der Waals surface area (Å²) in [6.07, 6.45) is -3.31. The first-order valence-corrected chi connectivity index (χ1v) is 8.05. The van der Waals surface area contributed by atoms with Crippen LogP contribution in [0.1, 0.15) is 18.4 Å². The van der Waals surface area contributed by atoms with Gasteiger partial charge in [0.1, 0.15) is 0 Å². The lowest BCUT2D eigenvalue weighted by Gasteiger charge is -2.23. The van der Waals surface area contributed by atoms with E-state index >= 15 is 0 Å². The highest BCUT2D eigenvalue weighted by molar-refractivity contribution is 7.91. The highest BCUT2D eigenvalue weighted by Gasteiger charge is 2.37. The summed E-state index contributed by atoms with van der Waals surface area (Å²) < 4.78 is 63.1. The van der Waals surface area contributed by atoms with E-state index in [1.807, 2.05) is 0 Å². The normalized spacial score (nSPS) is 17.3. The van der Waals surface area contributed by atoms with Crippen LogP contribution in [0, 0.1) is 5.92 Å². The molecule has 1 aromatic rings. The molecule has 0 unspecified atom stereocenters. The fraction of sp³-hybridized carbons (Fsp3) is 0.538. The van der Waals surface area contributed by atoms with Gasteiger partial charge < -0.3 is 5.32 Å². The molecule has 0 saturated carbocycles. The Hall–Kier alpha value is -0.790. The molecule has 1 aliphatic heterocycles. The van der Waals surface area contributed by atoms with Gasteiger partial charge in [-0.1, -0.05) is 12.1 Å². The molecule has 0 amide bonds. The van der Waals surface area contributed by atoms with Crippen LogP contribution < -0.4 is 5.32 Å². The molecule has 0 spiro atoms. The monoisotopic (exact) mass is 343 g/mol. The quantitative estimate of drug-likeness (QED) is 0.918. The maximum Gasteiger partial charge on any atom is 0.417 e. The molecule has 3 nitrogen and oxygen atoms in total. The molecule has 1 aliphatic rings. The zero-order valence-electron chi connectivity index (χ0n) is 11.2. The summed E-state index contributed by atoms with van der Waals surface area (Å²) in [5.41, 5.74) is -1.08. The number of hydrogen-bond acceptors (Lipinski definition) is 3. The zero-order chi connectivity index (χ0) is 14.8. The zero-order valence-corrected chi connectivity index (χ0v) is 12.8. The summed E-state index contributed by atoms with van der Waals surface area (Å²) in [6.45, 7) is 1.42. The molecule has 1 N–H and O–H groups in total. The van der Waals surface area contributed by atoms with Crippen LogP contribution in [0.3, 0.4) is 0 Å². The number of nitrogens with one attached hydrogen (secondary N) is 1. The van der Waals surface area contributed by atoms with Crippen molar-refractivity contribution in [1.29, 1.82) is 0 Å². The van der Waals surface area contributed by atoms with E-state index in [0.29, 0.717) is 25.9 Å². The minimum absolute atomic E-state index is 0. The molecule has 1 saturated heterocycles. The van der Waals surface area contributed by atoms with Crippen molar-refractivity contribution >= 4 is 22.2 Å². The van der Waals surface area contributed by atoms with E-state index in [-0.39, 0.29) is 24.1 Å². The van der Waals surface area contributed by atoms with Gasteiger partial charge in [-0.05, 0) is 44.0 Å². The van der Waals surface area contributed by atoms with Crippen molar-refractivity contribution in [3.05, 3.63) is 29.8 Å². The summed E-state index contributed by atoms with van der Waals surface area (Å²) >= 11 is 0. The third-order valence-electron chi connectivity index (χ3n) is 3.44. The van der Waals surface area contributed by atoms with Crippen molar-refractivity contribution in [3.63, 3.8) is 0 Å². The van der Waals surface area contributed by atoms with Crippen molar-refractivity contribution in [1.82, 2.24) is 5.32 Å². The van der Waals surface area contributed by atoms with Gasteiger partial charge in [-0.25, -0.2) is 8.42 Å². The molecule has 1 heterocycles. The lowest BCUT2D eigenvalue weighted by Crippen LogP contribution is -2.31. The maximum absolute atomic E-state index is 12.9. The van der Waals surface area contributed by atoms with Gasteiger partial charge in [-0.3, -0.25) is 0 Å². The smallest absolute Gasteiger partial charge is 0.317 e. The van der Waals surface area contributed by atoms with Crippen LogP contribution in [0.4, 0.5) is 13.2 Å². The van der Waals surface area contributed by atoms with E-state index in [2.05, 4.69) is 5.32 Å². The summed E-state index contributed by atoms with van der Waals surface area (Å²) in [5, 5.41) is 3.10. The van der Waals surface area contributed by atoms with Gasteiger partial charge >= 0.3 is 6.18 Å². The molecule has 0 aromatic heterocycles. The Labute approximate surface area is 128 Å². The van der Waals surface area contributed by atoms with Crippen LogP contribution in [-0.2, 0) is 16.0 Å². The fourth-order valence-electron chi connectivity index (χ4n) is 2.42. The van der Waals surface area contributed by atoms with Crippen LogP contribution in [-0.4, -0.2) is 27.3 Å². The molecule has 0 atom stereocenters. The molecule has 1 fully saturated rings. The highest BCUT2D eigenvalue weighted by atomic mass is 35.5. The summed E-state index contributed by atoms with van der Waals surface area (Å²) in [4.78, 5) is -0.606. The van der Waals surface area contributed by atoms with Crippen LogP contribution in [0.2, 0.25) is 0 Å². The third kappa shape index (κ3) is 4.59. The van der Waals surface area contributed by atoms with Crippen molar-refractivity contribution in [2.24, 2.45) is 5.92 Å². The van der Waals surface area contributed by atoms with Crippen molar-refractivity contribution in [2.45, 2.75) is 23.9 Å². The number of rotatable bonds is 3. The molecule has 8 heteroatoms. The minimum Gasteiger partial charge on any atom is -0.317 e. The number of piperidine rings is 1. The first-order valence-electron chi connectivity index (χ1n) is 6.40. The van der Waals surface area contributed by atoms with Gasteiger partial charge in [0.25, 0.3) is 0 Å². The van der Waals surface area contributed by atoms with E-state index in [1.54, 1.807) is 0 Å². The second-order valence-corrected chi connectivity index (χ2v) is 6.97. The van der Waals surface area contributed by atoms with E-state index < -0.39 is 26.5 Å². The van der Waals surface area contributed by atoms with E-state index in [4.69, 9.17) is 0 Å². The van der Waals surface area contributed by atoms with Crippen LogP contribution in [0.15, 0.2) is 29.2 Å². The lowest BCUT2D eigenvalue weighted by molar-refractivity contribution is -0.139. The first-order chi connectivity index (χ1) is 9.31. The van der Waals surface area contributed by atoms with Gasteiger partial charge in [0.2, 0.25) is 0 Å². The minimum atomic E-state index is -4.65. The van der Waals surface area contributed by atoms with Crippen molar-refractivity contribution in [3.8, 4) is 0 Å². The summed E-state index contributed by atoms with van der Waals surface area (Å²) in [5.74, 6) is -0.301. The van der Waals surface area contributed by atoms with Gasteiger partial charge in [0, 0.05) is 0 Å². The highest BCUT2D eigenvalue weighted by Crippen LogP contribution is 2.35. The molecule has 0 bridgehead atoms. The summed E-state index contributed by atoms with van der Waals surface area (Å²) in [7, 11) is -3.92. The number of alkyl halides is 3.